The van der Waals surface area contributed by atoms with Crippen molar-refractivity contribution in [1.29, 1.82) is 0 Å². The highest BCUT2D eigenvalue weighted by Crippen LogP contribution is 2.18. The number of carbonyl (C=O) groups excluding carboxylic acids is 1. The van der Waals surface area contributed by atoms with Gasteiger partial charge in [-0.15, -0.1) is 0 Å². The van der Waals surface area contributed by atoms with Crippen molar-refractivity contribution >= 4 is 21.6 Å². The van der Waals surface area contributed by atoms with Crippen LogP contribution >= 0.6 is 0 Å². The van der Waals surface area contributed by atoms with Crippen molar-refractivity contribution in [2.45, 2.75) is 24.9 Å². The van der Waals surface area contributed by atoms with Gasteiger partial charge in [-0.05, 0) is 31.5 Å². The van der Waals surface area contributed by atoms with Gasteiger partial charge in [0, 0.05) is 6.07 Å². The molecule has 1 unspecified atom stereocenters. The number of methoxy groups -OCH3 is 1. The van der Waals surface area contributed by atoms with Crippen LogP contribution in [0.2, 0.25) is 0 Å². The van der Waals surface area contributed by atoms with Crippen LogP contribution in [-0.2, 0) is 20.4 Å². The van der Waals surface area contributed by atoms with E-state index in [1.165, 1.54) is 20.1 Å². The van der Waals surface area contributed by atoms with Crippen molar-refractivity contribution in [3.63, 3.8) is 0 Å². The maximum Gasteiger partial charge on any atom is 0.243 e. The predicted octanol–water partition coefficient (Wildman–Crippen LogP) is 1.93. The number of carbonyl (C=O) groups is 1. The van der Waals surface area contributed by atoms with Gasteiger partial charge in [-0.1, -0.05) is 17.3 Å². The van der Waals surface area contributed by atoms with Crippen molar-refractivity contribution in [3.05, 3.63) is 41.7 Å². The van der Waals surface area contributed by atoms with Gasteiger partial charge in [0.1, 0.15) is 16.8 Å². The van der Waals surface area contributed by atoms with Crippen LogP contribution in [0.4, 0.5) is 5.82 Å². The van der Waals surface area contributed by atoms with Gasteiger partial charge in [0.2, 0.25) is 5.91 Å². The summed E-state index contributed by atoms with van der Waals surface area (Å²) in [7, 11) is -2.17. The van der Waals surface area contributed by atoms with Crippen molar-refractivity contribution in [1.82, 2.24) is 5.16 Å². The highest BCUT2D eigenvalue weighted by molar-refractivity contribution is 7.92. The van der Waals surface area contributed by atoms with Gasteiger partial charge in [-0.2, -0.15) is 0 Å². The number of nitrogens with zero attached hydrogens (tertiary/aromatic N) is 1. The number of benzene rings is 1. The fourth-order valence-corrected chi connectivity index (χ4v) is 3.22. The first-order chi connectivity index (χ1) is 10.8. The van der Waals surface area contributed by atoms with Gasteiger partial charge in [0.25, 0.3) is 0 Å². The molecule has 0 aliphatic carbocycles. The van der Waals surface area contributed by atoms with Crippen LogP contribution in [0.25, 0.3) is 0 Å². The number of sulfone groups is 1. The van der Waals surface area contributed by atoms with E-state index >= 15 is 0 Å². The Kier molecular flexibility index (Phi) is 5.05. The number of nitrogens with one attached hydrogen (secondary N) is 1. The van der Waals surface area contributed by atoms with Crippen LogP contribution in [-0.4, -0.2) is 31.8 Å². The molecule has 1 amide bonds. The Balaban J connectivity index is 2.09. The zero-order chi connectivity index (χ0) is 17.0. The quantitative estimate of drug-likeness (QED) is 0.864. The summed E-state index contributed by atoms with van der Waals surface area (Å²) in [5, 5.41) is 4.82. The molecular weight excluding hydrogens is 320 g/mol. The van der Waals surface area contributed by atoms with Gasteiger partial charge in [-0.25, -0.2) is 8.42 Å². The maximum absolute atomic E-state index is 12.4. The zero-order valence-corrected chi connectivity index (χ0v) is 13.9. The number of amides is 1. The van der Waals surface area contributed by atoms with E-state index < -0.39 is 21.0 Å². The molecule has 1 aromatic heterocycles. The largest absolute Gasteiger partial charge is 0.497 e. The SMILES string of the molecule is COc1cccc(CS(=O)(=O)C(C)C(=O)Nc2cc(C)on2)c1. The van der Waals surface area contributed by atoms with E-state index in [4.69, 9.17) is 9.26 Å². The summed E-state index contributed by atoms with van der Waals surface area (Å²) >= 11 is 0. The minimum atomic E-state index is -3.68. The number of hydrogen-bond donors (Lipinski definition) is 1. The minimum Gasteiger partial charge on any atom is -0.497 e. The average molecular weight is 338 g/mol. The Morgan fingerprint density at radius 2 is 2.13 bits per heavy atom. The summed E-state index contributed by atoms with van der Waals surface area (Å²) in [5.74, 6) is 0.369. The summed E-state index contributed by atoms with van der Waals surface area (Å²) in [6, 6.07) is 8.24. The third-order valence-electron chi connectivity index (χ3n) is 3.29. The normalized spacial score (nSPS) is 12.7. The van der Waals surface area contributed by atoms with Crippen molar-refractivity contribution in [2.24, 2.45) is 0 Å². The van der Waals surface area contributed by atoms with E-state index in [9.17, 15) is 13.2 Å². The molecule has 23 heavy (non-hydrogen) atoms. The second kappa shape index (κ2) is 6.82. The van der Waals surface area contributed by atoms with Crippen molar-refractivity contribution in [2.75, 3.05) is 12.4 Å². The van der Waals surface area contributed by atoms with E-state index in [-0.39, 0.29) is 11.6 Å². The molecule has 8 heteroatoms. The minimum absolute atomic E-state index is 0.191. The molecule has 2 aromatic rings. The summed E-state index contributed by atoms with van der Waals surface area (Å²) in [6.45, 7) is 3.02. The third-order valence-corrected chi connectivity index (χ3v) is 5.32. The molecule has 0 aliphatic heterocycles. The van der Waals surface area contributed by atoms with E-state index in [1.807, 2.05) is 0 Å². The second-order valence-electron chi connectivity index (χ2n) is 5.11. The van der Waals surface area contributed by atoms with Gasteiger partial charge >= 0.3 is 0 Å². The number of aryl methyl sites for hydroxylation is 1. The Hall–Kier alpha value is -2.35. The van der Waals surface area contributed by atoms with Crippen LogP contribution in [0, 0.1) is 6.92 Å². The molecular formula is C15H18N2O5S. The lowest BCUT2D eigenvalue weighted by molar-refractivity contribution is -0.115. The molecule has 0 bridgehead atoms. The molecule has 0 saturated heterocycles. The lowest BCUT2D eigenvalue weighted by atomic mass is 10.2. The highest BCUT2D eigenvalue weighted by atomic mass is 32.2. The van der Waals surface area contributed by atoms with Gasteiger partial charge < -0.3 is 14.6 Å². The lowest BCUT2D eigenvalue weighted by Gasteiger charge is -2.12. The van der Waals surface area contributed by atoms with Crippen LogP contribution in [0.5, 0.6) is 5.75 Å². The van der Waals surface area contributed by atoms with Gasteiger partial charge in [-0.3, -0.25) is 4.79 Å². The fraction of sp³-hybridized carbons (Fsp3) is 0.333. The lowest BCUT2D eigenvalue weighted by Crippen LogP contribution is -2.33. The van der Waals surface area contributed by atoms with E-state index in [2.05, 4.69) is 10.5 Å². The predicted molar refractivity (Wildman–Crippen MR) is 84.9 cm³/mol. The molecule has 1 aromatic carbocycles. The molecule has 1 N–H and O–H groups in total. The third kappa shape index (κ3) is 4.32. The number of aromatic nitrogens is 1. The van der Waals surface area contributed by atoms with E-state index in [1.54, 1.807) is 31.2 Å². The number of ether oxygens (including phenoxy) is 1. The van der Waals surface area contributed by atoms with Crippen LogP contribution in [0.15, 0.2) is 34.9 Å². The van der Waals surface area contributed by atoms with Gasteiger partial charge in [0.05, 0.1) is 12.9 Å². The van der Waals surface area contributed by atoms with Crippen molar-refractivity contribution in [3.8, 4) is 5.75 Å². The second-order valence-corrected chi connectivity index (χ2v) is 7.43. The maximum atomic E-state index is 12.4. The van der Waals surface area contributed by atoms with E-state index in [0.717, 1.165) is 0 Å². The topological polar surface area (TPSA) is 98.5 Å². The van der Waals surface area contributed by atoms with Crippen molar-refractivity contribution < 1.29 is 22.5 Å². The summed E-state index contributed by atoms with van der Waals surface area (Å²) in [6.07, 6.45) is 0. The first-order valence-corrected chi connectivity index (χ1v) is 8.62. The monoisotopic (exact) mass is 338 g/mol. The molecule has 0 fully saturated rings. The highest BCUT2D eigenvalue weighted by Gasteiger charge is 2.28. The molecule has 2 rings (SSSR count). The molecule has 0 radical (unpaired) electrons. The molecule has 0 saturated carbocycles. The Morgan fingerprint density at radius 1 is 1.39 bits per heavy atom. The Bertz CT molecular complexity index is 798. The molecule has 0 spiro atoms. The molecule has 1 atom stereocenters. The molecule has 0 aliphatic rings. The van der Waals surface area contributed by atoms with Crippen LogP contribution in [0.3, 0.4) is 0 Å². The van der Waals surface area contributed by atoms with Crippen LogP contribution < -0.4 is 10.1 Å². The smallest absolute Gasteiger partial charge is 0.243 e. The number of rotatable bonds is 6. The first kappa shape index (κ1) is 17.0. The van der Waals surface area contributed by atoms with Crippen LogP contribution in [0.1, 0.15) is 18.2 Å². The molecule has 7 nitrogen and oxygen atoms in total. The fourth-order valence-electron chi connectivity index (χ4n) is 1.94. The first-order valence-electron chi connectivity index (χ1n) is 6.90. The standard InChI is InChI=1S/C15H18N2O5S/c1-10-7-14(17-22-10)16-15(18)11(2)23(19,20)9-12-5-4-6-13(8-12)21-3/h4-8,11H,9H2,1-3H3,(H,16,17,18). The van der Waals surface area contributed by atoms with Gasteiger partial charge in [0.15, 0.2) is 15.7 Å². The number of hydrogen-bond acceptors (Lipinski definition) is 6. The van der Waals surface area contributed by atoms with E-state index in [0.29, 0.717) is 17.1 Å². The Morgan fingerprint density at radius 3 is 2.74 bits per heavy atom. The summed E-state index contributed by atoms with van der Waals surface area (Å²) in [4.78, 5) is 12.1. The Labute approximate surface area is 134 Å². The zero-order valence-electron chi connectivity index (χ0n) is 13.1. The number of anilines is 1. The molecule has 1 heterocycles. The summed E-state index contributed by atoms with van der Waals surface area (Å²) in [5.41, 5.74) is 0.557. The summed E-state index contributed by atoms with van der Waals surface area (Å²) < 4.78 is 34.7. The molecule has 124 valence electrons. The average Bonchev–Trinajstić information content (AvgIpc) is 2.91.